The highest BCUT2D eigenvalue weighted by atomic mass is 32.1. The van der Waals surface area contributed by atoms with Crippen molar-refractivity contribution in [1.82, 2.24) is 14.0 Å². The molecular formula is C22H25N3O3S. The number of nitrogens with zero attached hydrogens (tertiary/aromatic N) is 3. The Morgan fingerprint density at radius 2 is 1.79 bits per heavy atom. The maximum Gasteiger partial charge on any atom is 0.336 e. The molecule has 0 saturated carbocycles. The number of aryl methyl sites for hydroxylation is 1. The molecule has 29 heavy (non-hydrogen) atoms. The lowest BCUT2D eigenvalue weighted by Crippen LogP contribution is -2.46. The minimum Gasteiger partial charge on any atom is -0.341 e. The number of carbonyl (C=O) groups is 1. The van der Waals surface area contributed by atoms with Gasteiger partial charge in [-0.05, 0) is 48.3 Å². The lowest BCUT2D eigenvalue weighted by atomic mass is 9.92. The van der Waals surface area contributed by atoms with E-state index in [0.29, 0.717) is 40.8 Å². The zero-order valence-corrected chi connectivity index (χ0v) is 17.7. The van der Waals surface area contributed by atoms with Gasteiger partial charge in [-0.1, -0.05) is 32.0 Å². The summed E-state index contributed by atoms with van der Waals surface area (Å²) in [5, 5.41) is 1.79. The Kier molecular flexibility index (Phi) is 5.17. The van der Waals surface area contributed by atoms with Crippen LogP contribution in [0.2, 0.25) is 0 Å². The molecule has 2 aromatic heterocycles. The lowest BCUT2D eigenvalue weighted by Gasteiger charge is -2.35. The minimum absolute atomic E-state index is 0.0579. The Morgan fingerprint density at radius 3 is 2.48 bits per heavy atom. The van der Waals surface area contributed by atoms with Crippen LogP contribution in [-0.4, -0.2) is 33.0 Å². The molecule has 0 unspecified atom stereocenters. The molecule has 3 heterocycles. The van der Waals surface area contributed by atoms with Crippen LogP contribution in [0.5, 0.6) is 0 Å². The highest BCUT2D eigenvalue weighted by molar-refractivity contribution is 7.17. The summed E-state index contributed by atoms with van der Waals surface area (Å²) in [5.41, 5.74) is 1.11. The fourth-order valence-corrected chi connectivity index (χ4v) is 5.19. The average molecular weight is 412 g/mol. The predicted octanol–water partition coefficient (Wildman–Crippen LogP) is 3.03. The van der Waals surface area contributed by atoms with Crippen molar-refractivity contribution in [2.45, 2.75) is 33.7 Å². The predicted molar refractivity (Wildman–Crippen MR) is 116 cm³/mol. The normalized spacial score (nSPS) is 19.6. The number of likely N-dealkylation sites (tertiary alicyclic amines) is 1. The van der Waals surface area contributed by atoms with E-state index >= 15 is 0 Å². The molecule has 1 amide bonds. The van der Waals surface area contributed by atoms with Crippen LogP contribution in [0.25, 0.3) is 15.9 Å². The summed E-state index contributed by atoms with van der Waals surface area (Å²) in [6, 6.07) is 9.05. The van der Waals surface area contributed by atoms with Gasteiger partial charge in [0.05, 0.1) is 11.2 Å². The number of fused-ring (bicyclic) bond motifs is 1. The van der Waals surface area contributed by atoms with Crippen molar-refractivity contribution in [3.05, 3.63) is 62.1 Å². The molecule has 1 aliphatic heterocycles. The molecule has 3 aromatic rings. The molecule has 0 N–H and O–H groups in total. The van der Waals surface area contributed by atoms with E-state index in [1.54, 1.807) is 23.6 Å². The molecule has 0 radical (unpaired) electrons. The van der Waals surface area contributed by atoms with Crippen LogP contribution in [0.3, 0.4) is 0 Å². The van der Waals surface area contributed by atoms with E-state index in [1.807, 2.05) is 24.0 Å². The van der Waals surface area contributed by atoms with Crippen LogP contribution in [0.15, 0.2) is 45.3 Å². The maximum absolute atomic E-state index is 13.4. The Hall–Kier alpha value is -2.67. The first-order chi connectivity index (χ1) is 13.9. The number of carbonyl (C=O) groups excluding carboxylic acids is 1. The number of benzene rings is 1. The van der Waals surface area contributed by atoms with E-state index in [1.165, 1.54) is 20.5 Å². The molecule has 6 nitrogen and oxygen atoms in total. The van der Waals surface area contributed by atoms with Gasteiger partial charge in [-0.3, -0.25) is 14.2 Å². The van der Waals surface area contributed by atoms with E-state index in [9.17, 15) is 14.4 Å². The van der Waals surface area contributed by atoms with Gasteiger partial charge in [0.1, 0.15) is 11.2 Å². The minimum atomic E-state index is -0.471. The van der Waals surface area contributed by atoms with Gasteiger partial charge in [0.15, 0.2) is 0 Å². The number of amides is 1. The number of hydrogen-bond acceptors (Lipinski definition) is 4. The number of hydrogen-bond donors (Lipinski definition) is 0. The summed E-state index contributed by atoms with van der Waals surface area (Å²) >= 11 is 1.30. The van der Waals surface area contributed by atoms with Crippen molar-refractivity contribution in [2.24, 2.45) is 11.8 Å². The van der Waals surface area contributed by atoms with Gasteiger partial charge in [-0.15, -0.1) is 11.3 Å². The van der Waals surface area contributed by atoms with Gasteiger partial charge < -0.3 is 4.90 Å². The van der Waals surface area contributed by atoms with Crippen molar-refractivity contribution < 1.29 is 4.79 Å². The first kappa shape index (κ1) is 19.6. The summed E-state index contributed by atoms with van der Waals surface area (Å²) in [4.78, 5) is 41.3. The molecule has 1 saturated heterocycles. The Balaban J connectivity index is 1.82. The summed E-state index contributed by atoms with van der Waals surface area (Å²) < 4.78 is 3.13. The van der Waals surface area contributed by atoms with E-state index in [0.717, 1.165) is 12.0 Å². The highest BCUT2D eigenvalue weighted by Crippen LogP contribution is 2.22. The SMILES string of the molecule is Cc1ccccc1-n1c(=O)c2sccc2n(CC(=O)N2C[C@H](C)C[C@@H](C)C2)c1=O. The van der Waals surface area contributed by atoms with Crippen molar-refractivity contribution in [3.63, 3.8) is 0 Å². The zero-order chi connectivity index (χ0) is 20.7. The standard InChI is InChI=1S/C22H25N3O3S/c1-14-10-15(2)12-23(11-14)19(26)13-24-18-8-9-29-20(18)21(27)25(22(24)28)17-7-5-4-6-16(17)3/h4-9,14-15H,10-13H2,1-3H3/t14-,15-/m1/s1. The highest BCUT2D eigenvalue weighted by Gasteiger charge is 2.27. The molecule has 0 aliphatic carbocycles. The molecule has 0 spiro atoms. The van der Waals surface area contributed by atoms with Crippen molar-refractivity contribution in [3.8, 4) is 5.69 Å². The third-order valence-corrected chi connectivity index (χ3v) is 6.52. The average Bonchev–Trinajstić information content (AvgIpc) is 3.16. The molecule has 4 rings (SSSR count). The summed E-state index contributed by atoms with van der Waals surface area (Å²) in [6.45, 7) is 7.53. The Labute approximate surface area is 173 Å². The molecule has 0 bridgehead atoms. The fraction of sp³-hybridized carbons (Fsp3) is 0.409. The van der Waals surface area contributed by atoms with Crippen LogP contribution >= 0.6 is 11.3 Å². The Morgan fingerprint density at radius 1 is 1.10 bits per heavy atom. The second-order valence-corrected chi connectivity index (χ2v) is 9.09. The zero-order valence-electron chi connectivity index (χ0n) is 16.9. The summed E-state index contributed by atoms with van der Waals surface area (Å²) in [6.07, 6.45) is 1.11. The van der Waals surface area contributed by atoms with Crippen LogP contribution in [0.4, 0.5) is 0 Å². The second-order valence-electron chi connectivity index (χ2n) is 8.18. The van der Waals surface area contributed by atoms with Crippen LogP contribution in [-0.2, 0) is 11.3 Å². The number of piperidine rings is 1. The third kappa shape index (κ3) is 3.55. The van der Waals surface area contributed by atoms with E-state index in [2.05, 4.69) is 13.8 Å². The van der Waals surface area contributed by atoms with Crippen LogP contribution in [0, 0.1) is 18.8 Å². The number of para-hydroxylation sites is 1. The molecule has 1 aliphatic rings. The quantitative estimate of drug-likeness (QED) is 0.666. The van der Waals surface area contributed by atoms with Crippen LogP contribution in [0.1, 0.15) is 25.8 Å². The Bertz CT molecular complexity index is 1180. The van der Waals surface area contributed by atoms with E-state index < -0.39 is 5.69 Å². The molecular weight excluding hydrogens is 386 g/mol. The molecule has 1 aromatic carbocycles. The fourth-order valence-electron chi connectivity index (χ4n) is 4.37. The lowest BCUT2D eigenvalue weighted by molar-refractivity contribution is -0.134. The van der Waals surface area contributed by atoms with E-state index in [4.69, 9.17) is 0 Å². The third-order valence-electron chi connectivity index (χ3n) is 5.63. The van der Waals surface area contributed by atoms with Crippen LogP contribution < -0.4 is 11.2 Å². The molecule has 152 valence electrons. The van der Waals surface area contributed by atoms with Gasteiger partial charge in [-0.2, -0.15) is 0 Å². The van der Waals surface area contributed by atoms with Gasteiger partial charge in [0.25, 0.3) is 5.56 Å². The second kappa shape index (κ2) is 7.63. The van der Waals surface area contributed by atoms with Gasteiger partial charge in [0, 0.05) is 13.1 Å². The van der Waals surface area contributed by atoms with Crippen molar-refractivity contribution in [1.29, 1.82) is 0 Å². The van der Waals surface area contributed by atoms with Crippen molar-refractivity contribution in [2.75, 3.05) is 13.1 Å². The first-order valence-corrected chi connectivity index (χ1v) is 10.8. The smallest absolute Gasteiger partial charge is 0.336 e. The monoisotopic (exact) mass is 411 g/mol. The topological polar surface area (TPSA) is 64.3 Å². The van der Waals surface area contributed by atoms with Gasteiger partial charge in [-0.25, -0.2) is 9.36 Å². The number of thiophene rings is 1. The van der Waals surface area contributed by atoms with Gasteiger partial charge >= 0.3 is 5.69 Å². The molecule has 7 heteroatoms. The summed E-state index contributed by atoms with van der Waals surface area (Å²) in [7, 11) is 0. The van der Waals surface area contributed by atoms with E-state index in [-0.39, 0.29) is 18.0 Å². The first-order valence-electron chi connectivity index (χ1n) is 9.93. The number of rotatable bonds is 3. The molecule has 2 atom stereocenters. The maximum atomic E-state index is 13.4. The number of aromatic nitrogens is 2. The summed E-state index contributed by atoms with van der Waals surface area (Å²) in [5.74, 6) is 0.816. The largest absolute Gasteiger partial charge is 0.341 e. The van der Waals surface area contributed by atoms with Crippen molar-refractivity contribution >= 4 is 27.5 Å². The van der Waals surface area contributed by atoms with Gasteiger partial charge in [0.2, 0.25) is 5.91 Å². The molecule has 1 fully saturated rings.